The Kier molecular flexibility index (Phi) is 5.16. The summed E-state index contributed by atoms with van der Waals surface area (Å²) >= 11 is 5.91. The van der Waals surface area contributed by atoms with E-state index < -0.39 is 11.7 Å². The van der Waals surface area contributed by atoms with Crippen LogP contribution in [0.1, 0.15) is 23.2 Å². The summed E-state index contributed by atoms with van der Waals surface area (Å²) < 4.78 is 0. The number of amides is 2. The molecule has 0 radical (unpaired) electrons. The van der Waals surface area contributed by atoms with Gasteiger partial charge in [-0.25, -0.2) is 0 Å². The minimum absolute atomic E-state index is 0.141. The van der Waals surface area contributed by atoms with Crippen molar-refractivity contribution >= 4 is 29.2 Å². The summed E-state index contributed by atoms with van der Waals surface area (Å²) in [5.74, 6) is -1.70. The fourth-order valence-electron chi connectivity index (χ4n) is 2.89. The topological polar surface area (TPSA) is 69.7 Å². The second-order valence-corrected chi connectivity index (χ2v) is 6.55. The molecule has 24 heavy (non-hydrogen) atoms. The number of carbonyl (C=O) groups excluding carboxylic acids is 3. The van der Waals surface area contributed by atoms with Gasteiger partial charge < -0.3 is 10.2 Å². The minimum Gasteiger partial charge on any atom is -0.340 e. The van der Waals surface area contributed by atoms with Gasteiger partial charge in [0.25, 0.3) is 11.7 Å². The van der Waals surface area contributed by atoms with Crippen LogP contribution >= 0.6 is 11.6 Å². The summed E-state index contributed by atoms with van der Waals surface area (Å²) in [6, 6.07) is 7.06. The zero-order valence-electron chi connectivity index (χ0n) is 13.3. The summed E-state index contributed by atoms with van der Waals surface area (Å²) in [4.78, 5) is 40.3. The maximum Gasteiger partial charge on any atom is 0.292 e. The van der Waals surface area contributed by atoms with Crippen LogP contribution in [-0.4, -0.2) is 66.2 Å². The van der Waals surface area contributed by atoms with Crippen LogP contribution in [0.2, 0.25) is 5.02 Å². The first-order valence-electron chi connectivity index (χ1n) is 8.15. The van der Waals surface area contributed by atoms with Gasteiger partial charge in [-0.15, -0.1) is 0 Å². The monoisotopic (exact) mass is 349 g/mol. The van der Waals surface area contributed by atoms with Crippen molar-refractivity contribution < 1.29 is 14.4 Å². The number of hydrogen-bond acceptors (Lipinski definition) is 4. The van der Waals surface area contributed by atoms with Gasteiger partial charge in [0, 0.05) is 37.8 Å². The highest BCUT2D eigenvalue weighted by Crippen LogP contribution is 2.27. The van der Waals surface area contributed by atoms with E-state index in [9.17, 15) is 14.4 Å². The molecule has 1 saturated carbocycles. The summed E-state index contributed by atoms with van der Waals surface area (Å²) in [6.45, 7) is 2.93. The van der Waals surface area contributed by atoms with Crippen molar-refractivity contribution in [3.8, 4) is 0 Å². The quantitative estimate of drug-likeness (QED) is 0.634. The Balaban J connectivity index is 1.46. The highest BCUT2D eigenvalue weighted by molar-refractivity contribution is 6.47. The van der Waals surface area contributed by atoms with E-state index in [1.165, 1.54) is 18.9 Å². The highest BCUT2D eigenvalue weighted by Gasteiger charge is 2.32. The molecule has 1 aromatic carbocycles. The lowest BCUT2D eigenvalue weighted by atomic mass is 10.1. The van der Waals surface area contributed by atoms with Gasteiger partial charge in [-0.05, 0) is 25.0 Å². The number of nitrogens with one attached hydrogen (secondary N) is 1. The van der Waals surface area contributed by atoms with Crippen molar-refractivity contribution in [2.24, 2.45) is 0 Å². The van der Waals surface area contributed by atoms with Crippen LogP contribution < -0.4 is 5.32 Å². The summed E-state index contributed by atoms with van der Waals surface area (Å²) in [5.41, 5.74) is 0.141. The van der Waals surface area contributed by atoms with Crippen molar-refractivity contribution in [2.75, 3.05) is 32.7 Å². The summed E-state index contributed by atoms with van der Waals surface area (Å²) in [6.07, 6.45) is 2.52. The molecule has 2 amide bonds. The Morgan fingerprint density at radius 3 is 2.38 bits per heavy atom. The zero-order valence-corrected chi connectivity index (χ0v) is 14.1. The lowest BCUT2D eigenvalue weighted by molar-refractivity contribution is -0.133. The molecule has 1 heterocycles. The molecule has 7 heteroatoms. The lowest BCUT2D eigenvalue weighted by Crippen LogP contribution is -2.52. The van der Waals surface area contributed by atoms with E-state index in [0.29, 0.717) is 19.1 Å². The number of hydrogen-bond donors (Lipinski definition) is 1. The van der Waals surface area contributed by atoms with Crippen LogP contribution in [0.4, 0.5) is 0 Å². The van der Waals surface area contributed by atoms with E-state index in [1.807, 2.05) is 0 Å². The number of ketones is 1. The van der Waals surface area contributed by atoms with E-state index >= 15 is 0 Å². The van der Waals surface area contributed by atoms with Crippen molar-refractivity contribution in [1.82, 2.24) is 15.1 Å². The van der Waals surface area contributed by atoms with E-state index in [1.54, 1.807) is 23.1 Å². The first kappa shape index (κ1) is 16.9. The molecule has 0 spiro atoms. The van der Waals surface area contributed by atoms with Gasteiger partial charge in [-0.1, -0.05) is 23.7 Å². The molecule has 0 aromatic heterocycles. The second-order valence-electron chi connectivity index (χ2n) is 6.14. The Bertz CT molecular complexity index is 652. The number of Topliss-reactive ketones (excluding diaryl/α,β-unsaturated/α-hetero) is 1. The summed E-state index contributed by atoms with van der Waals surface area (Å²) in [5, 5.41) is 2.62. The lowest BCUT2D eigenvalue weighted by Gasteiger charge is -2.34. The predicted octanol–water partition coefficient (Wildman–Crippen LogP) is 0.946. The number of halogens is 1. The maximum atomic E-state index is 12.2. The highest BCUT2D eigenvalue weighted by atomic mass is 35.5. The van der Waals surface area contributed by atoms with Gasteiger partial charge in [-0.2, -0.15) is 0 Å². The van der Waals surface area contributed by atoms with Crippen molar-refractivity contribution in [3.05, 3.63) is 34.9 Å². The van der Waals surface area contributed by atoms with Gasteiger partial charge in [-0.3, -0.25) is 19.3 Å². The average Bonchev–Trinajstić information content (AvgIpc) is 3.44. The molecule has 1 aliphatic heterocycles. The minimum atomic E-state index is -0.812. The Morgan fingerprint density at radius 2 is 1.75 bits per heavy atom. The fourth-order valence-corrected chi connectivity index (χ4v) is 3.11. The average molecular weight is 350 g/mol. The van der Waals surface area contributed by atoms with Crippen LogP contribution in [-0.2, 0) is 9.59 Å². The van der Waals surface area contributed by atoms with E-state index in [0.717, 1.165) is 13.1 Å². The normalized spacial score (nSPS) is 18.3. The third-order valence-corrected chi connectivity index (χ3v) is 4.78. The maximum absolute atomic E-state index is 12.2. The molecule has 0 atom stereocenters. The van der Waals surface area contributed by atoms with Crippen LogP contribution in [0.15, 0.2) is 24.3 Å². The Labute approximate surface area is 145 Å². The largest absolute Gasteiger partial charge is 0.340 e. The number of benzene rings is 1. The van der Waals surface area contributed by atoms with Crippen molar-refractivity contribution in [2.45, 2.75) is 18.9 Å². The molecular weight excluding hydrogens is 330 g/mol. The third-order valence-electron chi connectivity index (χ3n) is 4.46. The number of piperazine rings is 1. The molecule has 2 fully saturated rings. The molecule has 1 saturated heterocycles. The fraction of sp³-hybridized carbons (Fsp3) is 0.471. The molecule has 3 rings (SSSR count). The molecule has 0 unspecified atom stereocenters. The number of rotatable bonds is 5. The molecule has 2 aliphatic rings. The van der Waals surface area contributed by atoms with Crippen molar-refractivity contribution in [1.29, 1.82) is 0 Å². The van der Waals surface area contributed by atoms with Crippen molar-refractivity contribution in [3.63, 3.8) is 0 Å². The van der Waals surface area contributed by atoms with Crippen LogP contribution in [0.3, 0.4) is 0 Å². The third kappa shape index (κ3) is 3.94. The smallest absolute Gasteiger partial charge is 0.292 e. The SMILES string of the molecule is O=C(NCC(=O)N1CCN(C2CC2)CC1)C(=O)c1ccccc1Cl. The van der Waals surface area contributed by atoms with Crippen LogP contribution in [0, 0.1) is 0 Å². The number of nitrogens with zero attached hydrogens (tertiary/aromatic N) is 2. The van der Waals surface area contributed by atoms with Crippen LogP contribution in [0.5, 0.6) is 0 Å². The first-order chi connectivity index (χ1) is 11.6. The first-order valence-corrected chi connectivity index (χ1v) is 8.53. The molecule has 128 valence electrons. The van der Waals surface area contributed by atoms with Gasteiger partial charge in [0.2, 0.25) is 5.91 Å². The molecule has 6 nitrogen and oxygen atoms in total. The van der Waals surface area contributed by atoms with Gasteiger partial charge >= 0.3 is 0 Å². The zero-order chi connectivity index (χ0) is 17.1. The molecule has 1 aliphatic carbocycles. The van der Waals surface area contributed by atoms with Crippen LogP contribution in [0.25, 0.3) is 0 Å². The van der Waals surface area contributed by atoms with E-state index in [2.05, 4.69) is 10.2 Å². The van der Waals surface area contributed by atoms with E-state index in [4.69, 9.17) is 11.6 Å². The Hall–Kier alpha value is -1.92. The molecular formula is C17H20ClN3O3. The van der Waals surface area contributed by atoms with Gasteiger partial charge in [0.15, 0.2) is 0 Å². The summed E-state index contributed by atoms with van der Waals surface area (Å²) in [7, 11) is 0. The standard InChI is InChI=1S/C17H20ClN3O3/c18-14-4-2-1-3-13(14)16(23)17(24)19-11-15(22)21-9-7-20(8-10-21)12-5-6-12/h1-4,12H,5-11H2,(H,19,24). The molecule has 1 N–H and O–H groups in total. The second kappa shape index (κ2) is 7.32. The molecule has 0 bridgehead atoms. The molecule has 1 aromatic rings. The van der Waals surface area contributed by atoms with Gasteiger partial charge in [0.1, 0.15) is 0 Å². The van der Waals surface area contributed by atoms with E-state index in [-0.39, 0.29) is 23.0 Å². The number of carbonyl (C=O) groups is 3. The Morgan fingerprint density at radius 1 is 1.08 bits per heavy atom. The predicted molar refractivity (Wildman–Crippen MR) is 90.0 cm³/mol. The van der Waals surface area contributed by atoms with Gasteiger partial charge in [0.05, 0.1) is 11.6 Å².